The lowest BCUT2D eigenvalue weighted by Crippen LogP contribution is -2.49. The van der Waals surface area contributed by atoms with Crippen LogP contribution in [0.25, 0.3) is 16.9 Å². The average molecular weight is 438 g/mol. The number of amides is 1. The molecule has 1 fully saturated rings. The topological polar surface area (TPSA) is 136 Å². The molecule has 13 heteroatoms. The fourth-order valence-corrected chi connectivity index (χ4v) is 3.57. The molecule has 0 aliphatic carbocycles. The SMILES string of the molecule is O=C(c1ccc([N+](=O)[O-])o1)N1CCN(c2ncnc3c2nnn3-c2cccc(F)c2)CC1. The maximum atomic E-state index is 13.6. The molecule has 32 heavy (non-hydrogen) atoms. The second kappa shape index (κ2) is 7.68. The first-order valence-electron chi connectivity index (χ1n) is 9.62. The van der Waals surface area contributed by atoms with Gasteiger partial charge in [-0.15, -0.1) is 5.10 Å². The van der Waals surface area contributed by atoms with Gasteiger partial charge in [-0.3, -0.25) is 14.9 Å². The Kier molecular flexibility index (Phi) is 4.69. The van der Waals surface area contributed by atoms with Crippen LogP contribution in [0.1, 0.15) is 10.6 Å². The molecular weight excluding hydrogens is 423 g/mol. The minimum absolute atomic E-state index is 0.0763. The number of furan rings is 1. The van der Waals surface area contributed by atoms with Crippen LogP contribution in [-0.2, 0) is 0 Å². The van der Waals surface area contributed by atoms with E-state index in [9.17, 15) is 19.3 Å². The number of aromatic nitrogens is 5. The Bertz CT molecular complexity index is 1330. The van der Waals surface area contributed by atoms with Gasteiger partial charge in [-0.25, -0.2) is 14.4 Å². The molecule has 1 aliphatic rings. The molecule has 1 saturated heterocycles. The molecule has 4 heterocycles. The fraction of sp³-hybridized carbons (Fsp3) is 0.211. The Morgan fingerprint density at radius 3 is 2.66 bits per heavy atom. The maximum Gasteiger partial charge on any atom is 0.433 e. The summed E-state index contributed by atoms with van der Waals surface area (Å²) in [5, 5.41) is 19.1. The highest BCUT2D eigenvalue weighted by atomic mass is 19.1. The fourth-order valence-electron chi connectivity index (χ4n) is 3.57. The quantitative estimate of drug-likeness (QED) is 0.345. The maximum absolute atomic E-state index is 13.6. The number of fused-ring (bicyclic) bond motifs is 1. The first-order valence-corrected chi connectivity index (χ1v) is 9.62. The third-order valence-corrected chi connectivity index (χ3v) is 5.12. The second-order valence-corrected chi connectivity index (χ2v) is 7.02. The van der Waals surface area contributed by atoms with E-state index >= 15 is 0 Å². The summed E-state index contributed by atoms with van der Waals surface area (Å²) in [5.74, 6) is -0.812. The van der Waals surface area contributed by atoms with Crippen molar-refractivity contribution >= 4 is 28.8 Å². The van der Waals surface area contributed by atoms with Crippen LogP contribution in [0.2, 0.25) is 0 Å². The third kappa shape index (κ3) is 3.38. The normalized spacial score (nSPS) is 14.2. The third-order valence-electron chi connectivity index (χ3n) is 5.12. The molecule has 1 aliphatic heterocycles. The number of carbonyl (C=O) groups is 1. The van der Waals surface area contributed by atoms with Crippen LogP contribution < -0.4 is 4.90 Å². The van der Waals surface area contributed by atoms with Gasteiger partial charge in [-0.05, 0) is 24.3 Å². The summed E-state index contributed by atoms with van der Waals surface area (Å²) in [4.78, 5) is 34.8. The molecule has 4 aromatic rings. The van der Waals surface area contributed by atoms with Gasteiger partial charge in [0, 0.05) is 26.2 Å². The van der Waals surface area contributed by atoms with E-state index in [1.165, 1.54) is 29.2 Å². The number of benzene rings is 1. The van der Waals surface area contributed by atoms with Gasteiger partial charge < -0.3 is 14.2 Å². The molecule has 0 N–H and O–H groups in total. The number of hydrogen-bond donors (Lipinski definition) is 0. The van der Waals surface area contributed by atoms with Gasteiger partial charge in [-0.1, -0.05) is 11.3 Å². The van der Waals surface area contributed by atoms with Gasteiger partial charge in [0.25, 0.3) is 5.91 Å². The van der Waals surface area contributed by atoms with Crippen LogP contribution in [0.5, 0.6) is 0 Å². The number of nitro groups is 1. The minimum Gasteiger partial charge on any atom is -0.395 e. The van der Waals surface area contributed by atoms with Crippen LogP contribution in [0.3, 0.4) is 0 Å². The van der Waals surface area contributed by atoms with E-state index in [0.29, 0.717) is 48.8 Å². The highest BCUT2D eigenvalue weighted by molar-refractivity contribution is 5.92. The highest BCUT2D eigenvalue weighted by Gasteiger charge is 2.28. The lowest BCUT2D eigenvalue weighted by molar-refractivity contribution is -0.402. The largest absolute Gasteiger partial charge is 0.433 e. The van der Waals surface area contributed by atoms with Gasteiger partial charge in [0.1, 0.15) is 17.1 Å². The molecule has 12 nitrogen and oxygen atoms in total. The van der Waals surface area contributed by atoms with Crippen molar-refractivity contribution in [1.29, 1.82) is 0 Å². The van der Waals surface area contributed by atoms with Crippen molar-refractivity contribution in [1.82, 2.24) is 29.9 Å². The Balaban J connectivity index is 1.35. The Hall–Kier alpha value is -4.42. The van der Waals surface area contributed by atoms with E-state index in [0.717, 1.165) is 6.07 Å². The molecule has 1 aromatic carbocycles. The minimum atomic E-state index is -0.688. The van der Waals surface area contributed by atoms with E-state index in [1.807, 2.05) is 4.90 Å². The lowest BCUT2D eigenvalue weighted by Gasteiger charge is -2.34. The number of hydrogen-bond acceptors (Lipinski definition) is 9. The van der Waals surface area contributed by atoms with Crippen molar-refractivity contribution in [3.05, 3.63) is 64.4 Å². The zero-order valence-corrected chi connectivity index (χ0v) is 16.5. The number of rotatable bonds is 4. The predicted octanol–water partition coefficient (Wildman–Crippen LogP) is 1.81. The molecule has 0 unspecified atom stereocenters. The summed E-state index contributed by atoms with van der Waals surface area (Å²) in [6.07, 6.45) is 1.39. The summed E-state index contributed by atoms with van der Waals surface area (Å²) in [5.41, 5.74) is 1.38. The van der Waals surface area contributed by atoms with Gasteiger partial charge in [0.2, 0.25) is 0 Å². The zero-order valence-electron chi connectivity index (χ0n) is 16.5. The number of halogens is 1. The van der Waals surface area contributed by atoms with E-state index in [1.54, 1.807) is 17.0 Å². The summed E-state index contributed by atoms with van der Waals surface area (Å²) < 4.78 is 20.1. The Morgan fingerprint density at radius 2 is 1.94 bits per heavy atom. The first kappa shape index (κ1) is 19.5. The summed E-state index contributed by atoms with van der Waals surface area (Å²) in [6, 6.07) is 8.39. The molecular formula is C19H15FN8O4. The average Bonchev–Trinajstić information content (AvgIpc) is 3.46. The van der Waals surface area contributed by atoms with Gasteiger partial charge in [-0.2, -0.15) is 4.68 Å². The Labute approximate surface area is 179 Å². The molecule has 3 aromatic heterocycles. The molecule has 0 bridgehead atoms. The standard InChI is InChI=1S/C19H15FN8O4/c20-12-2-1-3-13(10-12)27-18-16(23-24-27)17(21-11-22-18)25-6-8-26(9-7-25)19(29)14-4-5-15(32-14)28(30)31/h1-5,10-11H,6-9H2. The number of nitrogens with zero attached hydrogens (tertiary/aromatic N) is 8. The molecule has 1 amide bonds. The Morgan fingerprint density at radius 1 is 1.12 bits per heavy atom. The van der Waals surface area contributed by atoms with E-state index < -0.39 is 22.5 Å². The monoisotopic (exact) mass is 438 g/mol. The van der Waals surface area contributed by atoms with E-state index in [4.69, 9.17) is 4.42 Å². The highest BCUT2D eigenvalue weighted by Crippen LogP contribution is 2.24. The van der Waals surface area contributed by atoms with Crippen molar-refractivity contribution in [2.45, 2.75) is 0 Å². The number of carbonyl (C=O) groups excluding carboxylic acids is 1. The zero-order chi connectivity index (χ0) is 22.2. The molecule has 0 atom stereocenters. The van der Waals surface area contributed by atoms with Crippen LogP contribution in [0.15, 0.2) is 47.1 Å². The van der Waals surface area contributed by atoms with Crippen molar-refractivity contribution in [2.24, 2.45) is 0 Å². The van der Waals surface area contributed by atoms with Crippen molar-refractivity contribution in [2.75, 3.05) is 31.1 Å². The van der Waals surface area contributed by atoms with Gasteiger partial charge in [0.05, 0.1) is 11.8 Å². The number of piperazine rings is 1. The summed E-state index contributed by atoms with van der Waals surface area (Å²) in [6.45, 7) is 1.62. The summed E-state index contributed by atoms with van der Waals surface area (Å²) in [7, 11) is 0. The van der Waals surface area contributed by atoms with Crippen molar-refractivity contribution in [3.63, 3.8) is 0 Å². The van der Waals surface area contributed by atoms with Gasteiger partial charge >= 0.3 is 5.88 Å². The van der Waals surface area contributed by atoms with Crippen molar-refractivity contribution < 1.29 is 18.5 Å². The smallest absolute Gasteiger partial charge is 0.395 e. The van der Waals surface area contributed by atoms with Crippen LogP contribution in [0, 0.1) is 15.9 Å². The van der Waals surface area contributed by atoms with E-state index in [2.05, 4.69) is 20.3 Å². The molecule has 0 saturated carbocycles. The van der Waals surface area contributed by atoms with Crippen LogP contribution in [-0.4, -0.2) is 66.9 Å². The van der Waals surface area contributed by atoms with Gasteiger partial charge in [0.15, 0.2) is 22.7 Å². The van der Waals surface area contributed by atoms with Crippen molar-refractivity contribution in [3.8, 4) is 5.69 Å². The first-order chi connectivity index (χ1) is 15.5. The molecule has 0 spiro atoms. The lowest BCUT2D eigenvalue weighted by atomic mass is 10.2. The number of anilines is 1. The molecule has 5 rings (SSSR count). The molecule has 162 valence electrons. The predicted molar refractivity (Wildman–Crippen MR) is 108 cm³/mol. The molecule has 0 radical (unpaired) electrons. The summed E-state index contributed by atoms with van der Waals surface area (Å²) >= 11 is 0. The second-order valence-electron chi connectivity index (χ2n) is 7.02. The van der Waals surface area contributed by atoms with E-state index in [-0.39, 0.29) is 5.76 Å². The van der Waals surface area contributed by atoms with Crippen LogP contribution >= 0.6 is 0 Å². The van der Waals surface area contributed by atoms with Crippen LogP contribution in [0.4, 0.5) is 16.1 Å².